The van der Waals surface area contributed by atoms with E-state index < -0.39 is 89.1 Å². The van der Waals surface area contributed by atoms with E-state index in [4.69, 9.17) is 27.6 Å². The lowest BCUT2D eigenvalue weighted by Gasteiger charge is -2.25. The fraction of sp³-hybridized carbons (Fsp3) is 0.500. The summed E-state index contributed by atoms with van der Waals surface area (Å²) in [6, 6.07) is 0. The molecule has 3 aliphatic rings. The normalized spacial score (nSPS) is 38.3. The number of ether oxygens (including phenoxy) is 2. The average molecular weight is 660 g/mol. The van der Waals surface area contributed by atoms with Crippen molar-refractivity contribution in [2.24, 2.45) is 0 Å². The first kappa shape index (κ1) is 29.5. The number of hydrogen-bond donors (Lipinski definition) is 6. The zero-order valence-corrected chi connectivity index (χ0v) is 23.6. The van der Waals surface area contributed by atoms with Crippen LogP contribution in [0.25, 0.3) is 22.3 Å². The molecule has 4 aromatic rings. The quantitative estimate of drug-likeness (QED) is 0.124. The molecular weight excluding hydrogens is 638 g/mol. The lowest BCUT2D eigenvalue weighted by atomic mass is 10.1. The Labute approximate surface area is 242 Å². The van der Waals surface area contributed by atoms with Crippen LogP contribution in [0.5, 0.6) is 0 Å². The Bertz CT molecular complexity index is 1940. The first-order chi connectivity index (χ1) is 20.9. The Morgan fingerprint density at radius 3 is 1.82 bits per heavy atom. The summed E-state index contributed by atoms with van der Waals surface area (Å²) in [5, 5.41) is 22.0. The Hall–Kier alpha value is -3.24. The van der Waals surface area contributed by atoms with E-state index in [1.165, 1.54) is 0 Å². The summed E-state index contributed by atoms with van der Waals surface area (Å²) in [5.74, 6) is 0. The molecule has 7 heterocycles. The molecule has 236 valence electrons. The van der Waals surface area contributed by atoms with Crippen LogP contribution in [-0.2, 0) is 36.7 Å². The van der Waals surface area contributed by atoms with Gasteiger partial charge in [-0.2, -0.15) is 0 Å². The van der Waals surface area contributed by atoms with Crippen molar-refractivity contribution in [3.8, 4) is 0 Å². The van der Waals surface area contributed by atoms with E-state index in [-0.39, 0.29) is 22.3 Å². The monoisotopic (exact) mass is 660 g/mol. The number of nitrogens with one attached hydrogen (secondary N) is 2. The van der Waals surface area contributed by atoms with Crippen molar-refractivity contribution < 1.29 is 56.7 Å². The lowest BCUT2D eigenvalue weighted by molar-refractivity contribution is -0.0672. The van der Waals surface area contributed by atoms with Gasteiger partial charge in [0.05, 0.1) is 38.5 Å². The van der Waals surface area contributed by atoms with Crippen LogP contribution in [0.2, 0.25) is 0 Å². The van der Waals surface area contributed by atoms with E-state index in [9.17, 15) is 38.7 Å². The summed E-state index contributed by atoms with van der Waals surface area (Å²) in [7, 11) is -10.2. The number of hydrogen-bond acceptors (Lipinski definition) is 16. The van der Waals surface area contributed by atoms with Gasteiger partial charge in [0, 0.05) is 0 Å². The van der Waals surface area contributed by atoms with Crippen molar-refractivity contribution in [3.63, 3.8) is 0 Å². The van der Waals surface area contributed by atoms with Gasteiger partial charge in [-0.1, -0.05) is 0 Å². The summed E-state index contributed by atoms with van der Waals surface area (Å²) < 4.78 is 60.7. The van der Waals surface area contributed by atoms with Gasteiger partial charge in [0.1, 0.15) is 36.6 Å². The van der Waals surface area contributed by atoms with E-state index >= 15 is 0 Å². The SMILES string of the molecule is O=c1[nH]cnc2c1ncn2[C@@H]1O[C@@H]2COP(=O)(O)O[C@@H]3[C@H](O)[C@@H](COP(=O)(O)O[C@H]2[C@H]1O)O[C@H]3n1cnc2c(=O)[nH]cnc21. The van der Waals surface area contributed by atoms with E-state index in [1.54, 1.807) is 0 Å². The number of imidazole rings is 2. The van der Waals surface area contributed by atoms with E-state index in [2.05, 4.69) is 29.9 Å². The van der Waals surface area contributed by atoms with Gasteiger partial charge >= 0.3 is 15.6 Å². The standard InChI is InChI=1S/C20H22N8O14P2/c29-11-7-1-37-43(33,34)41-13-8(40-19(12(13)30)27-5-25-9-15(27)21-3-23-17(9)31)2-38-44(35,36)42-14(11)20(39-7)28-6-26-10-16(28)22-4-24-18(10)32/h3-8,11-14,19-20,29-30H,1-2H2,(H,33,34)(H,35,36)(H,21,23,31)(H,22,24,32)/t7-,8-,11-,12-,13-,14-,19-,20-/m1/s1. The molecule has 0 aliphatic carbocycles. The molecule has 3 aliphatic heterocycles. The molecule has 3 saturated heterocycles. The summed E-state index contributed by atoms with van der Waals surface area (Å²) in [4.78, 5) is 66.0. The summed E-state index contributed by atoms with van der Waals surface area (Å²) in [6.07, 6.45) is -8.28. The zero-order chi connectivity index (χ0) is 31.0. The van der Waals surface area contributed by atoms with Crippen molar-refractivity contribution in [3.05, 3.63) is 46.0 Å². The fourth-order valence-electron chi connectivity index (χ4n) is 5.21. The number of aliphatic hydroxyl groups excluding tert-OH is 2. The molecule has 0 saturated carbocycles. The van der Waals surface area contributed by atoms with Crippen molar-refractivity contribution in [1.29, 1.82) is 0 Å². The van der Waals surface area contributed by atoms with Gasteiger partial charge in [-0.3, -0.25) is 36.8 Å². The molecule has 0 spiro atoms. The van der Waals surface area contributed by atoms with Crippen LogP contribution in [0.15, 0.2) is 34.9 Å². The molecule has 3 fully saturated rings. The number of aromatic amines is 2. The van der Waals surface area contributed by atoms with E-state index in [0.29, 0.717) is 0 Å². The smallest absolute Gasteiger partial charge is 0.387 e. The fourth-order valence-corrected chi connectivity index (χ4v) is 7.11. The van der Waals surface area contributed by atoms with E-state index in [1.807, 2.05) is 0 Å². The molecule has 0 amide bonds. The van der Waals surface area contributed by atoms with Crippen LogP contribution in [0, 0.1) is 0 Å². The predicted octanol–water partition coefficient (Wildman–Crippen LogP) is -2.21. The van der Waals surface area contributed by atoms with Crippen molar-refractivity contribution >= 4 is 38.0 Å². The van der Waals surface area contributed by atoms with Crippen LogP contribution < -0.4 is 11.1 Å². The number of aromatic nitrogens is 8. The van der Waals surface area contributed by atoms with Crippen molar-refractivity contribution in [2.75, 3.05) is 13.2 Å². The minimum atomic E-state index is -5.10. The number of nitrogens with zero attached hydrogens (tertiary/aromatic N) is 6. The molecule has 7 rings (SSSR count). The van der Waals surface area contributed by atoms with Crippen molar-refractivity contribution in [2.45, 2.75) is 49.1 Å². The Morgan fingerprint density at radius 1 is 0.727 bits per heavy atom. The Morgan fingerprint density at radius 2 is 1.23 bits per heavy atom. The third kappa shape index (κ3) is 5.04. The highest BCUT2D eigenvalue weighted by Gasteiger charge is 2.54. The van der Waals surface area contributed by atoms with Gasteiger partial charge in [-0.25, -0.2) is 29.1 Å². The van der Waals surface area contributed by atoms with Gasteiger partial charge in [0.15, 0.2) is 34.8 Å². The lowest BCUT2D eigenvalue weighted by Crippen LogP contribution is -2.36. The molecule has 2 unspecified atom stereocenters. The largest absolute Gasteiger partial charge is 0.472 e. The minimum Gasteiger partial charge on any atom is -0.387 e. The van der Waals surface area contributed by atoms with Gasteiger partial charge in [-0.15, -0.1) is 0 Å². The summed E-state index contributed by atoms with van der Waals surface area (Å²) in [6.45, 7) is -1.66. The molecule has 0 radical (unpaired) electrons. The second kappa shape index (κ2) is 10.7. The molecule has 0 aromatic carbocycles. The maximum absolute atomic E-state index is 13.1. The zero-order valence-electron chi connectivity index (χ0n) is 21.8. The van der Waals surface area contributed by atoms with E-state index in [0.717, 1.165) is 34.4 Å². The van der Waals surface area contributed by atoms with Gasteiger partial charge in [-0.05, 0) is 0 Å². The summed E-state index contributed by atoms with van der Waals surface area (Å²) >= 11 is 0. The highest BCUT2D eigenvalue weighted by Crippen LogP contribution is 2.53. The molecule has 22 nitrogen and oxygen atoms in total. The number of aliphatic hydroxyl groups is 2. The van der Waals surface area contributed by atoms with Gasteiger partial charge in [0.2, 0.25) is 0 Å². The predicted molar refractivity (Wildman–Crippen MR) is 137 cm³/mol. The second-order valence-electron chi connectivity index (χ2n) is 9.89. The third-order valence-corrected chi connectivity index (χ3v) is 9.19. The minimum absolute atomic E-state index is 0.00984. The maximum atomic E-state index is 13.1. The second-order valence-corrected chi connectivity index (χ2v) is 12.7. The molecule has 10 atom stereocenters. The van der Waals surface area contributed by atoms with Crippen LogP contribution in [0.1, 0.15) is 12.5 Å². The first-order valence-corrected chi connectivity index (χ1v) is 15.7. The van der Waals surface area contributed by atoms with Gasteiger partial charge < -0.3 is 39.4 Å². The highest BCUT2D eigenvalue weighted by atomic mass is 31.2. The van der Waals surface area contributed by atoms with Gasteiger partial charge in [0.25, 0.3) is 11.1 Å². The number of H-pyrrole nitrogens is 2. The average Bonchev–Trinajstić information content (AvgIpc) is 3.73. The molecule has 24 heteroatoms. The van der Waals surface area contributed by atoms with Crippen LogP contribution in [0.3, 0.4) is 0 Å². The molecule has 6 N–H and O–H groups in total. The van der Waals surface area contributed by atoms with Crippen LogP contribution >= 0.6 is 15.6 Å². The number of phosphoric ester groups is 2. The molecular formula is C20H22N8O14P2. The Kier molecular flexibility index (Phi) is 7.16. The highest BCUT2D eigenvalue weighted by molar-refractivity contribution is 7.47. The van der Waals surface area contributed by atoms with Crippen LogP contribution in [0.4, 0.5) is 0 Å². The Balaban J connectivity index is 1.21. The molecule has 4 aromatic heterocycles. The third-order valence-electron chi connectivity index (χ3n) is 7.21. The molecule has 2 bridgehead atoms. The number of rotatable bonds is 2. The molecule has 44 heavy (non-hydrogen) atoms. The topological polar surface area (TPSA) is 298 Å². The summed E-state index contributed by atoms with van der Waals surface area (Å²) in [5.41, 5.74) is -1.43. The van der Waals surface area contributed by atoms with Crippen molar-refractivity contribution in [1.82, 2.24) is 39.0 Å². The number of phosphoric acid groups is 2. The first-order valence-electron chi connectivity index (χ1n) is 12.7. The number of fused-ring (bicyclic) bond motifs is 5. The van der Waals surface area contributed by atoms with Crippen LogP contribution in [-0.4, -0.2) is 109 Å². The maximum Gasteiger partial charge on any atom is 0.472 e.